The van der Waals surface area contributed by atoms with Crippen LogP contribution in [0.2, 0.25) is 0 Å². The molecule has 1 aromatic carbocycles. The Balaban J connectivity index is 0.00000144. The van der Waals surface area contributed by atoms with Crippen LogP contribution in [0.3, 0.4) is 0 Å². The van der Waals surface area contributed by atoms with Crippen molar-refractivity contribution in [3.63, 3.8) is 0 Å². The van der Waals surface area contributed by atoms with E-state index in [1.165, 1.54) is 12.1 Å². The lowest BCUT2D eigenvalue weighted by Gasteiger charge is -2.27. The van der Waals surface area contributed by atoms with Gasteiger partial charge in [-0.25, -0.2) is 4.39 Å². The second-order valence-corrected chi connectivity index (χ2v) is 4.81. The van der Waals surface area contributed by atoms with Gasteiger partial charge in [0.25, 0.3) is 5.91 Å². The van der Waals surface area contributed by atoms with Crippen molar-refractivity contribution < 1.29 is 9.18 Å². The summed E-state index contributed by atoms with van der Waals surface area (Å²) in [5.41, 5.74) is 0.346. The molecular formula is C11H13BrClFN2O. The molecule has 1 saturated heterocycles. The van der Waals surface area contributed by atoms with Crippen molar-refractivity contribution in [3.05, 3.63) is 34.1 Å². The minimum absolute atomic E-state index is 0. The van der Waals surface area contributed by atoms with Crippen molar-refractivity contribution >= 4 is 34.2 Å². The molecule has 0 spiro atoms. The van der Waals surface area contributed by atoms with Gasteiger partial charge in [-0.1, -0.05) is 15.9 Å². The van der Waals surface area contributed by atoms with E-state index in [9.17, 15) is 9.18 Å². The molecule has 6 heteroatoms. The zero-order chi connectivity index (χ0) is 11.5. The van der Waals surface area contributed by atoms with Crippen LogP contribution in [0.1, 0.15) is 10.4 Å². The highest BCUT2D eigenvalue weighted by Crippen LogP contribution is 2.14. The minimum atomic E-state index is -0.412. The third-order valence-electron chi connectivity index (χ3n) is 2.54. The molecule has 1 aliphatic rings. The summed E-state index contributed by atoms with van der Waals surface area (Å²) in [6.07, 6.45) is 0. The van der Waals surface area contributed by atoms with Gasteiger partial charge >= 0.3 is 0 Å². The second kappa shape index (κ2) is 6.33. The number of hydrogen-bond acceptors (Lipinski definition) is 2. The van der Waals surface area contributed by atoms with Crippen molar-refractivity contribution in [2.45, 2.75) is 0 Å². The van der Waals surface area contributed by atoms with Crippen LogP contribution < -0.4 is 10.6 Å². The maximum atomic E-state index is 13.0. The summed E-state index contributed by atoms with van der Waals surface area (Å²) in [7, 11) is 0. The van der Waals surface area contributed by atoms with Crippen molar-refractivity contribution in [3.8, 4) is 0 Å². The molecule has 17 heavy (non-hydrogen) atoms. The van der Waals surface area contributed by atoms with Crippen LogP contribution in [0, 0.1) is 11.7 Å². The van der Waals surface area contributed by atoms with E-state index in [1.54, 1.807) is 6.07 Å². The van der Waals surface area contributed by atoms with E-state index in [0.29, 0.717) is 22.5 Å². The van der Waals surface area contributed by atoms with E-state index in [-0.39, 0.29) is 18.3 Å². The van der Waals surface area contributed by atoms with Crippen LogP contribution >= 0.6 is 28.3 Å². The number of hydrogen-bond donors (Lipinski definition) is 2. The van der Waals surface area contributed by atoms with Gasteiger partial charge in [-0.3, -0.25) is 4.79 Å². The van der Waals surface area contributed by atoms with Gasteiger partial charge in [0, 0.05) is 35.6 Å². The molecule has 0 radical (unpaired) electrons. The zero-order valence-electron chi connectivity index (χ0n) is 9.00. The fraction of sp³-hybridized carbons (Fsp3) is 0.364. The lowest BCUT2D eigenvalue weighted by molar-refractivity contribution is 0.0941. The molecule has 0 bridgehead atoms. The smallest absolute Gasteiger partial charge is 0.251 e. The number of nitrogens with one attached hydrogen (secondary N) is 2. The van der Waals surface area contributed by atoms with Gasteiger partial charge in [-0.2, -0.15) is 0 Å². The SMILES string of the molecule is Cl.O=C(NCC1CNC1)c1cc(F)cc(Br)c1. The average Bonchev–Trinajstić information content (AvgIpc) is 2.13. The molecule has 0 aromatic heterocycles. The molecule has 94 valence electrons. The molecule has 0 atom stereocenters. The highest BCUT2D eigenvalue weighted by atomic mass is 79.9. The molecule has 0 aliphatic carbocycles. The fourth-order valence-electron chi connectivity index (χ4n) is 1.52. The number of carbonyl (C=O) groups excluding carboxylic acids is 1. The molecule has 1 aromatic rings. The Morgan fingerprint density at radius 2 is 2.18 bits per heavy atom. The van der Waals surface area contributed by atoms with Crippen molar-refractivity contribution in [1.29, 1.82) is 0 Å². The van der Waals surface area contributed by atoms with Gasteiger partial charge in [-0.05, 0) is 18.2 Å². The molecule has 2 N–H and O–H groups in total. The number of benzene rings is 1. The van der Waals surface area contributed by atoms with E-state index < -0.39 is 5.82 Å². The summed E-state index contributed by atoms with van der Waals surface area (Å²) in [6, 6.07) is 4.17. The predicted octanol–water partition coefficient (Wildman–Crippen LogP) is 1.96. The molecule has 0 saturated carbocycles. The van der Waals surface area contributed by atoms with Crippen LogP contribution in [-0.2, 0) is 0 Å². The van der Waals surface area contributed by atoms with E-state index in [4.69, 9.17) is 0 Å². The number of carbonyl (C=O) groups is 1. The maximum absolute atomic E-state index is 13.0. The second-order valence-electron chi connectivity index (χ2n) is 3.89. The first kappa shape index (κ1) is 14.4. The lowest BCUT2D eigenvalue weighted by Crippen LogP contribution is -2.48. The van der Waals surface area contributed by atoms with E-state index in [0.717, 1.165) is 13.1 Å². The summed E-state index contributed by atoms with van der Waals surface area (Å²) in [6.45, 7) is 2.51. The summed E-state index contributed by atoms with van der Waals surface area (Å²) in [5, 5.41) is 5.91. The van der Waals surface area contributed by atoms with Crippen LogP contribution in [0.25, 0.3) is 0 Å². The van der Waals surface area contributed by atoms with E-state index >= 15 is 0 Å². The monoisotopic (exact) mass is 322 g/mol. The molecular weight excluding hydrogens is 310 g/mol. The molecule has 3 nitrogen and oxygen atoms in total. The van der Waals surface area contributed by atoms with Gasteiger partial charge in [0.05, 0.1) is 0 Å². The highest BCUT2D eigenvalue weighted by Gasteiger charge is 2.17. The van der Waals surface area contributed by atoms with Crippen molar-refractivity contribution in [1.82, 2.24) is 10.6 Å². The Bertz CT molecular complexity index is 392. The number of amides is 1. The fourth-order valence-corrected chi connectivity index (χ4v) is 1.98. The summed E-state index contributed by atoms with van der Waals surface area (Å²) < 4.78 is 13.6. The van der Waals surface area contributed by atoms with Gasteiger partial charge < -0.3 is 10.6 Å². The molecule has 2 rings (SSSR count). The van der Waals surface area contributed by atoms with E-state index in [2.05, 4.69) is 26.6 Å². The van der Waals surface area contributed by atoms with Crippen LogP contribution in [0.5, 0.6) is 0 Å². The Hall–Kier alpha value is -0.650. The third-order valence-corrected chi connectivity index (χ3v) is 3.00. The Morgan fingerprint density at radius 1 is 1.47 bits per heavy atom. The number of rotatable bonds is 3. The first-order chi connectivity index (χ1) is 7.65. The van der Waals surface area contributed by atoms with Crippen LogP contribution in [0.15, 0.2) is 22.7 Å². The number of halogens is 3. The highest BCUT2D eigenvalue weighted by molar-refractivity contribution is 9.10. The molecule has 1 fully saturated rings. The Labute approximate surface area is 114 Å². The van der Waals surface area contributed by atoms with Crippen molar-refractivity contribution in [2.24, 2.45) is 5.92 Å². The summed E-state index contributed by atoms with van der Waals surface area (Å²) in [4.78, 5) is 11.7. The molecule has 1 amide bonds. The maximum Gasteiger partial charge on any atom is 0.251 e. The molecule has 1 heterocycles. The normalized spacial score (nSPS) is 14.7. The first-order valence-electron chi connectivity index (χ1n) is 5.10. The zero-order valence-corrected chi connectivity index (χ0v) is 11.4. The quantitative estimate of drug-likeness (QED) is 0.893. The topological polar surface area (TPSA) is 41.1 Å². The Kier molecular flexibility index (Phi) is 5.36. The van der Waals surface area contributed by atoms with Crippen molar-refractivity contribution in [2.75, 3.05) is 19.6 Å². The van der Waals surface area contributed by atoms with E-state index in [1.807, 2.05) is 0 Å². The predicted molar refractivity (Wildman–Crippen MR) is 70.0 cm³/mol. The molecule has 0 unspecified atom stereocenters. The first-order valence-corrected chi connectivity index (χ1v) is 5.89. The Morgan fingerprint density at radius 3 is 2.71 bits per heavy atom. The standard InChI is InChI=1S/C11H12BrFN2O.ClH/c12-9-1-8(2-10(13)3-9)11(16)15-6-7-4-14-5-7;/h1-3,7,14H,4-6H2,(H,15,16);1H. The molecule has 1 aliphatic heterocycles. The third kappa shape index (κ3) is 3.94. The van der Waals surface area contributed by atoms with Gasteiger partial charge in [0.15, 0.2) is 0 Å². The largest absolute Gasteiger partial charge is 0.352 e. The average molecular weight is 324 g/mol. The lowest BCUT2D eigenvalue weighted by atomic mass is 10.0. The summed E-state index contributed by atoms with van der Waals surface area (Å²) in [5.74, 6) is -0.141. The van der Waals surface area contributed by atoms with Gasteiger partial charge in [0.1, 0.15) is 5.82 Å². The van der Waals surface area contributed by atoms with Gasteiger partial charge in [-0.15, -0.1) is 12.4 Å². The minimum Gasteiger partial charge on any atom is -0.352 e. The summed E-state index contributed by atoms with van der Waals surface area (Å²) >= 11 is 3.16. The van der Waals surface area contributed by atoms with Crippen LogP contribution in [0.4, 0.5) is 4.39 Å². The van der Waals surface area contributed by atoms with Crippen LogP contribution in [-0.4, -0.2) is 25.5 Å². The van der Waals surface area contributed by atoms with Gasteiger partial charge in [0.2, 0.25) is 0 Å².